The van der Waals surface area contributed by atoms with Gasteiger partial charge in [-0.25, -0.2) is 4.98 Å². The SMILES string of the molecule is COc1ccc(CCNc2nccc(Nc3ccccc3C#N)n2)cc1. The molecule has 2 N–H and O–H groups in total. The molecule has 0 saturated carbocycles. The largest absolute Gasteiger partial charge is 0.497 e. The Hall–Kier alpha value is -3.59. The van der Waals surface area contributed by atoms with Gasteiger partial charge in [-0.15, -0.1) is 0 Å². The lowest BCUT2D eigenvalue weighted by atomic mass is 10.1. The number of para-hydroxylation sites is 1. The molecule has 6 heteroatoms. The number of methoxy groups -OCH3 is 1. The molecule has 0 atom stereocenters. The van der Waals surface area contributed by atoms with E-state index in [4.69, 9.17) is 10.00 Å². The fourth-order valence-corrected chi connectivity index (χ4v) is 2.45. The van der Waals surface area contributed by atoms with Crippen molar-refractivity contribution in [1.82, 2.24) is 9.97 Å². The summed E-state index contributed by atoms with van der Waals surface area (Å²) in [5.74, 6) is 2.02. The molecule has 1 aromatic heterocycles. The molecular weight excluding hydrogens is 326 g/mol. The highest BCUT2D eigenvalue weighted by Crippen LogP contribution is 2.19. The van der Waals surface area contributed by atoms with E-state index in [0.29, 0.717) is 23.9 Å². The maximum Gasteiger partial charge on any atom is 0.224 e. The minimum Gasteiger partial charge on any atom is -0.497 e. The average molecular weight is 345 g/mol. The Balaban J connectivity index is 1.59. The van der Waals surface area contributed by atoms with Gasteiger partial charge in [0.15, 0.2) is 0 Å². The van der Waals surface area contributed by atoms with Crippen molar-refractivity contribution in [1.29, 1.82) is 5.26 Å². The molecule has 0 aliphatic rings. The summed E-state index contributed by atoms with van der Waals surface area (Å²) in [5, 5.41) is 15.5. The van der Waals surface area contributed by atoms with Crippen LogP contribution in [0.1, 0.15) is 11.1 Å². The maximum atomic E-state index is 9.17. The number of benzene rings is 2. The number of rotatable bonds is 7. The normalized spacial score (nSPS) is 10.0. The Kier molecular flexibility index (Phi) is 5.63. The topological polar surface area (TPSA) is 82.9 Å². The predicted octanol–water partition coefficient (Wildman–Crippen LogP) is 3.76. The smallest absolute Gasteiger partial charge is 0.224 e. The molecule has 0 unspecified atom stereocenters. The van der Waals surface area contributed by atoms with E-state index in [-0.39, 0.29) is 0 Å². The van der Waals surface area contributed by atoms with Crippen LogP contribution in [0.15, 0.2) is 60.8 Å². The average Bonchev–Trinajstić information content (AvgIpc) is 2.69. The molecule has 0 saturated heterocycles. The van der Waals surface area contributed by atoms with Crippen molar-refractivity contribution in [2.24, 2.45) is 0 Å². The van der Waals surface area contributed by atoms with Crippen LogP contribution in [0.3, 0.4) is 0 Å². The molecule has 0 amide bonds. The summed E-state index contributed by atoms with van der Waals surface area (Å²) in [7, 11) is 1.66. The first-order valence-corrected chi connectivity index (χ1v) is 8.24. The fourth-order valence-electron chi connectivity index (χ4n) is 2.45. The van der Waals surface area contributed by atoms with Crippen molar-refractivity contribution in [3.05, 3.63) is 71.9 Å². The van der Waals surface area contributed by atoms with Gasteiger partial charge < -0.3 is 15.4 Å². The second-order valence-corrected chi connectivity index (χ2v) is 5.57. The molecule has 130 valence electrons. The molecule has 0 spiro atoms. The van der Waals surface area contributed by atoms with Crippen molar-refractivity contribution in [2.75, 3.05) is 24.3 Å². The van der Waals surface area contributed by atoms with E-state index in [1.807, 2.05) is 42.5 Å². The Bertz CT molecular complexity index is 903. The third kappa shape index (κ3) is 4.48. The first-order valence-electron chi connectivity index (χ1n) is 8.24. The summed E-state index contributed by atoms with van der Waals surface area (Å²) < 4.78 is 5.16. The number of hydrogen-bond acceptors (Lipinski definition) is 6. The van der Waals surface area contributed by atoms with E-state index in [0.717, 1.165) is 17.9 Å². The molecule has 26 heavy (non-hydrogen) atoms. The van der Waals surface area contributed by atoms with Crippen LogP contribution in [0.4, 0.5) is 17.5 Å². The van der Waals surface area contributed by atoms with Crippen molar-refractivity contribution in [2.45, 2.75) is 6.42 Å². The van der Waals surface area contributed by atoms with Crippen LogP contribution >= 0.6 is 0 Å². The minimum atomic E-state index is 0.540. The molecule has 3 aromatic rings. The molecular formula is C20H19N5O. The zero-order valence-electron chi connectivity index (χ0n) is 14.4. The molecule has 1 heterocycles. The zero-order valence-corrected chi connectivity index (χ0v) is 14.4. The van der Waals surface area contributed by atoms with Crippen molar-refractivity contribution in [3.8, 4) is 11.8 Å². The van der Waals surface area contributed by atoms with Gasteiger partial charge in [0.1, 0.15) is 17.6 Å². The lowest BCUT2D eigenvalue weighted by molar-refractivity contribution is 0.414. The van der Waals surface area contributed by atoms with Gasteiger partial charge in [0, 0.05) is 12.7 Å². The van der Waals surface area contributed by atoms with E-state index >= 15 is 0 Å². The van der Waals surface area contributed by atoms with Crippen LogP contribution in [-0.2, 0) is 6.42 Å². The molecule has 0 radical (unpaired) electrons. The lowest BCUT2D eigenvalue weighted by Gasteiger charge is -2.09. The van der Waals surface area contributed by atoms with Crippen molar-refractivity contribution >= 4 is 17.5 Å². The highest BCUT2D eigenvalue weighted by molar-refractivity contribution is 5.64. The molecule has 3 rings (SSSR count). The Morgan fingerprint density at radius 2 is 1.88 bits per heavy atom. The van der Waals surface area contributed by atoms with Gasteiger partial charge in [-0.05, 0) is 42.3 Å². The Morgan fingerprint density at radius 1 is 1.08 bits per heavy atom. The van der Waals surface area contributed by atoms with Crippen molar-refractivity contribution < 1.29 is 4.74 Å². The van der Waals surface area contributed by atoms with E-state index in [2.05, 4.69) is 26.7 Å². The van der Waals surface area contributed by atoms with Gasteiger partial charge in [-0.1, -0.05) is 24.3 Å². The van der Waals surface area contributed by atoms with Crippen LogP contribution in [-0.4, -0.2) is 23.6 Å². The quantitative estimate of drug-likeness (QED) is 0.678. The lowest BCUT2D eigenvalue weighted by Crippen LogP contribution is -2.08. The number of aromatic nitrogens is 2. The maximum absolute atomic E-state index is 9.17. The monoisotopic (exact) mass is 345 g/mol. The van der Waals surface area contributed by atoms with Crippen LogP contribution in [0.25, 0.3) is 0 Å². The highest BCUT2D eigenvalue weighted by atomic mass is 16.5. The number of hydrogen-bond donors (Lipinski definition) is 2. The van der Waals surface area contributed by atoms with Crippen molar-refractivity contribution in [3.63, 3.8) is 0 Å². The molecule has 0 fully saturated rings. The van der Waals surface area contributed by atoms with E-state index in [9.17, 15) is 0 Å². The molecule has 0 aliphatic heterocycles. The van der Waals surface area contributed by atoms with Crippen LogP contribution in [0.2, 0.25) is 0 Å². The van der Waals surface area contributed by atoms with E-state index < -0.39 is 0 Å². The third-order valence-corrected chi connectivity index (χ3v) is 3.82. The third-order valence-electron chi connectivity index (χ3n) is 3.82. The van der Waals surface area contributed by atoms with Gasteiger partial charge in [-0.2, -0.15) is 10.2 Å². The van der Waals surface area contributed by atoms with Gasteiger partial charge in [0.25, 0.3) is 0 Å². The van der Waals surface area contributed by atoms with Gasteiger partial charge >= 0.3 is 0 Å². The summed E-state index contributed by atoms with van der Waals surface area (Å²) in [5.41, 5.74) is 2.49. The minimum absolute atomic E-state index is 0.540. The first-order chi connectivity index (χ1) is 12.8. The van der Waals surface area contributed by atoms with Gasteiger partial charge in [0.2, 0.25) is 5.95 Å². The van der Waals surface area contributed by atoms with Crippen LogP contribution < -0.4 is 15.4 Å². The summed E-state index contributed by atoms with van der Waals surface area (Å²) >= 11 is 0. The van der Waals surface area contributed by atoms with E-state index in [1.54, 1.807) is 25.4 Å². The summed E-state index contributed by atoms with van der Waals surface area (Å²) in [6.07, 6.45) is 2.53. The Morgan fingerprint density at radius 3 is 2.65 bits per heavy atom. The highest BCUT2D eigenvalue weighted by Gasteiger charge is 2.04. The zero-order chi connectivity index (χ0) is 18.2. The summed E-state index contributed by atoms with van der Waals surface area (Å²) in [4.78, 5) is 8.67. The number of nitriles is 1. The number of nitrogens with zero attached hydrogens (tertiary/aromatic N) is 3. The molecule has 6 nitrogen and oxygen atoms in total. The first kappa shape index (κ1) is 17.2. The number of anilines is 3. The second kappa shape index (κ2) is 8.49. The standard InChI is InChI=1S/C20H19N5O/c1-26-17-8-6-15(7-9-17)10-12-22-20-23-13-11-19(25-20)24-18-5-3-2-4-16(18)14-21/h2-9,11,13H,10,12H2,1H3,(H2,22,23,24,25). The summed E-state index contributed by atoms with van der Waals surface area (Å²) in [6, 6.07) is 19.2. The summed E-state index contributed by atoms with van der Waals surface area (Å²) in [6.45, 7) is 0.713. The van der Waals surface area contributed by atoms with E-state index in [1.165, 1.54) is 5.56 Å². The molecule has 2 aromatic carbocycles. The fraction of sp³-hybridized carbons (Fsp3) is 0.150. The van der Waals surface area contributed by atoms with Gasteiger partial charge in [-0.3, -0.25) is 0 Å². The van der Waals surface area contributed by atoms with Crippen LogP contribution in [0.5, 0.6) is 5.75 Å². The molecule has 0 bridgehead atoms. The molecule has 0 aliphatic carbocycles. The number of ether oxygens (including phenoxy) is 1. The second-order valence-electron chi connectivity index (χ2n) is 5.57. The van der Waals surface area contributed by atoms with Crippen LogP contribution in [0, 0.1) is 11.3 Å². The van der Waals surface area contributed by atoms with Gasteiger partial charge in [0.05, 0.1) is 18.4 Å². The number of nitrogens with one attached hydrogen (secondary N) is 2. The predicted molar refractivity (Wildman–Crippen MR) is 102 cm³/mol. The Labute approximate surface area is 152 Å².